The van der Waals surface area contributed by atoms with E-state index in [1.165, 1.54) is 0 Å². The van der Waals surface area contributed by atoms with Crippen molar-refractivity contribution in [3.05, 3.63) is 47.9 Å². The third-order valence-electron chi connectivity index (χ3n) is 2.85. The quantitative estimate of drug-likeness (QED) is 0.846. The average molecular weight is 288 g/mol. The molecule has 0 saturated carbocycles. The average Bonchev–Trinajstić information content (AvgIpc) is 2.48. The second-order valence-corrected chi connectivity index (χ2v) is 4.74. The maximum atomic E-state index is 5.67. The first-order valence-corrected chi connectivity index (χ1v) is 6.47. The molecule has 0 atom stereocenters. The van der Waals surface area contributed by atoms with Gasteiger partial charge in [-0.25, -0.2) is 9.97 Å². The summed E-state index contributed by atoms with van der Waals surface area (Å²) in [6.07, 6.45) is 3.21. The van der Waals surface area contributed by atoms with Crippen molar-refractivity contribution in [2.24, 2.45) is 5.73 Å². The van der Waals surface area contributed by atoms with Gasteiger partial charge in [-0.1, -0.05) is 24.4 Å². The molecule has 2 N–H and O–H groups in total. The van der Waals surface area contributed by atoms with E-state index >= 15 is 0 Å². The Morgan fingerprint density at radius 1 is 1.25 bits per heavy atom. The van der Waals surface area contributed by atoms with Gasteiger partial charge in [-0.2, -0.15) is 0 Å². The number of rotatable bonds is 5. The van der Waals surface area contributed by atoms with Gasteiger partial charge in [-0.05, 0) is 17.7 Å². The largest absolute Gasteiger partial charge is 0.497 e. The van der Waals surface area contributed by atoms with Gasteiger partial charge in [0.2, 0.25) is 0 Å². The fraction of sp³-hybridized carbons (Fsp3) is 0.214. The number of methoxy groups -OCH3 is 1. The van der Waals surface area contributed by atoms with Crippen molar-refractivity contribution in [3.63, 3.8) is 0 Å². The maximum absolute atomic E-state index is 5.67. The molecule has 0 amide bonds. The summed E-state index contributed by atoms with van der Waals surface area (Å²) >= 11 is 5.00. The zero-order valence-electron chi connectivity index (χ0n) is 11.4. The van der Waals surface area contributed by atoms with Gasteiger partial charge >= 0.3 is 0 Å². The van der Waals surface area contributed by atoms with Crippen LogP contribution in [0.5, 0.6) is 5.75 Å². The van der Waals surface area contributed by atoms with E-state index in [0.29, 0.717) is 18.1 Å². The van der Waals surface area contributed by atoms with E-state index in [4.69, 9.17) is 22.7 Å². The van der Waals surface area contributed by atoms with Gasteiger partial charge < -0.3 is 15.4 Å². The number of ether oxygens (including phenoxy) is 1. The van der Waals surface area contributed by atoms with E-state index in [-0.39, 0.29) is 4.99 Å². The van der Waals surface area contributed by atoms with Crippen LogP contribution >= 0.6 is 12.2 Å². The first-order valence-electron chi connectivity index (χ1n) is 6.06. The Morgan fingerprint density at radius 2 is 1.90 bits per heavy atom. The molecule has 0 bridgehead atoms. The van der Waals surface area contributed by atoms with E-state index in [1.54, 1.807) is 19.5 Å². The van der Waals surface area contributed by atoms with E-state index < -0.39 is 0 Å². The van der Waals surface area contributed by atoms with Crippen LogP contribution in [0.25, 0.3) is 0 Å². The van der Waals surface area contributed by atoms with Gasteiger partial charge in [0.05, 0.1) is 7.11 Å². The lowest BCUT2D eigenvalue weighted by Gasteiger charge is -2.20. The lowest BCUT2D eigenvalue weighted by molar-refractivity contribution is 0.414. The topological polar surface area (TPSA) is 64.3 Å². The number of hydrogen-bond donors (Lipinski definition) is 1. The molecule has 6 heteroatoms. The molecule has 0 spiro atoms. The normalized spacial score (nSPS) is 10.1. The summed E-state index contributed by atoms with van der Waals surface area (Å²) in [6, 6.07) is 7.86. The van der Waals surface area contributed by atoms with E-state index in [1.807, 2.05) is 36.2 Å². The van der Waals surface area contributed by atoms with Gasteiger partial charge in [0.25, 0.3) is 0 Å². The van der Waals surface area contributed by atoms with Gasteiger partial charge in [0.1, 0.15) is 16.4 Å². The fourth-order valence-electron chi connectivity index (χ4n) is 1.86. The molecule has 1 aromatic heterocycles. The summed E-state index contributed by atoms with van der Waals surface area (Å²) in [5.41, 5.74) is 7.34. The van der Waals surface area contributed by atoms with Crippen LogP contribution in [0.15, 0.2) is 36.7 Å². The monoisotopic (exact) mass is 288 g/mol. The Hall–Kier alpha value is -2.21. The molecule has 0 fully saturated rings. The smallest absolute Gasteiger partial charge is 0.157 e. The molecule has 2 rings (SSSR count). The number of anilines is 1. The van der Waals surface area contributed by atoms with E-state index in [2.05, 4.69) is 9.97 Å². The zero-order chi connectivity index (χ0) is 14.5. The molecule has 104 valence electrons. The highest BCUT2D eigenvalue weighted by molar-refractivity contribution is 7.80. The van der Waals surface area contributed by atoms with Crippen molar-refractivity contribution in [3.8, 4) is 5.75 Å². The Kier molecular flexibility index (Phi) is 4.47. The first-order chi connectivity index (χ1) is 9.61. The lowest BCUT2D eigenvalue weighted by atomic mass is 10.2. The molecular formula is C14H16N4OS. The number of hydrogen-bond acceptors (Lipinski definition) is 5. The van der Waals surface area contributed by atoms with Crippen LogP contribution in [0.4, 0.5) is 5.82 Å². The van der Waals surface area contributed by atoms with Crippen LogP contribution in [0.2, 0.25) is 0 Å². The molecule has 5 nitrogen and oxygen atoms in total. The van der Waals surface area contributed by atoms with Crippen LogP contribution in [0, 0.1) is 0 Å². The second-order valence-electron chi connectivity index (χ2n) is 4.30. The van der Waals surface area contributed by atoms with Gasteiger partial charge in [0, 0.05) is 26.0 Å². The van der Waals surface area contributed by atoms with Gasteiger partial charge in [-0.15, -0.1) is 0 Å². The molecule has 0 aliphatic carbocycles. The van der Waals surface area contributed by atoms with Crippen molar-refractivity contribution < 1.29 is 4.74 Å². The first kappa shape index (κ1) is 14.2. The second kappa shape index (κ2) is 6.29. The number of aromatic nitrogens is 2. The standard InChI is InChI=1S/C14H16N4OS/c1-18(9-10-3-5-11(19-2)6-4-10)14-12(13(15)20)16-7-8-17-14/h3-8H,9H2,1-2H3,(H2,15,20). The van der Waals surface area contributed by atoms with Crippen LogP contribution in [-0.4, -0.2) is 29.1 Å². The number of nitrogens with zero attached hydrogens (tertiary/aromatic N) is 3. The third kappa shape index (κ3) is 3.21. The zero-order valence-corrected chi connectivity index (χ0v) is 12.2. The molecule has 0 aliphatic rings. The molecule has 2 aromatic rings. The minimum absolute atomic E-state index is 0.245. The summed E-state index contributed by atoms with van der Waals surface area (Å²) in [4.78, 5) is 10.7. The molecule has 1 heterocycles. The molecule has 0 unspecified atom stereocenters. The highest BCUT2D eigenvalue weighted by Gasteiger charge is 2.12. The van der Waals surface area contributed by atoms with E-state index in [9.17, 15) is 0 Å². The van der Waals surface area contributed by atoms with Crippen molar-refractivity contribution in [2.45, 2.75) is 6.54 Å². The number of thiocarbonyl (C=S) groups is 1. The van der Waals surface area contributed by atoms with Crippen molar-refractivity contribution in [2.75, 3.05) is 19.1 Å². The molecule has 1 aromatic carbocycles. The van der Waals surface area contributed by atoms with Crippen LogP contribution < -0.4 is 15.4 Å². The lowest BCUT2D eigenvalue weighted by Crippen LogP contribution is -2.23. The van der Waals surface area contributed by atoms with Crippen LogP contribution in [0.3, 0.4) is 0 Å². The van der Waals surface area contributed by atoms with Crippen molar-refractivity contribution >= 4 is 23.0 Å². The predicted octanol–water partition coefficient (Wildman–Crippen LogP) is 1.76. The van der Waals surface area contributed by atoms with Crippen molar-refractivity contribution in [1.29, 1.82) is 0 Å². The summed E-state index contributed by atoms with van der Waals surface area (Å²) in [7, 11) is 3.57. The maximum Gasteiger partial charge on any atom is 0.157 e. The fourth-order valence-corrected chi connectivity index (χ4v) is 2.01. The predicted molar refractivity (Wildman–Crippen MR) is 83.0 cm³/mol. The van der Waals surface area contributed by atoms with Crippen molar-refractivity contribution in [1.82, 2.24) is 9.97 Å². The Balaban J connectivity index is 2.19. The van der Waals surface area contributed by atoms with Crippen LogP contribution in [0.1, 0.15) is 11.3 Å². The van der Waals surface area contributed by atoms with E-state index in [0.717, 1.165) is 11.3 Å². The SMILES string of the molecule is COc1ccc(CN(C)c2nccnc2C(N)=S)cc1. The van der Waals surface area contributed by atoms with Gasteiger partial charge in [-0.3, -0.25) is 0 Å². The molecule has 0 radical (unpaired) electrons. The Morgan fingerprint density at radius 3 is 2.50 bits per heavy atom. The minimum atomic E-state index is 0.245. The minimum Gasteiger partial charge on any atom is -0.497 e. The van der Waals surface area contributed by atoms with Crippen LogP contribution in [-0.2, 0) is 6.54 Å². The third-order valence-corrected chi connectivity index (χ3v) is 3.05. The van der Waals surface area contributed by atoms with Gasteiger partial charge in [0.15, 0.2) is 5.82 Å². The number of nitrogens with two attached hydrogens (primary N) is 1. The Bertz CT molecular complexity index is 600. The number of benzene rings is 1. The summed E-state index contributed by atoms with van der Waals surface area (Å²) in [6.45, 7) is 0.679. The summed E-state index contributed by atoms with van der Waals surface area (Å²) in [5.74, 6) is 1.51. The Labute approximate surface area is 123 Å². The highest BCUT2D eigenvalue weighted by atomic mass is 32.1. The molecule has 0 aliphatic heterocycles. The summed E-state index contributed by atoms with van der Waals surface area (Å²) in [5, 5.41) is 0. The molecule has 0 saturated heterocycles. The molecular weight excluding hydrogens is 272 g/mol. The summed E-state index contributed by atoms with van der Waals surface area (Å²) < 4.78 is 5.14. The molecule has 20 heavy (non-hydrogen) atoms. The highest BCUT2D eigenvalue weighted by Crippen LogP contribution is 2.18.